The van der Waals surface area contributed by atoms with Gasteiger partial charge in [0, 0.05) is 12.2 Å². The minimum atomic E-state index is 0.254. The Hall–Kier alpha value is -0.540. The molecule has 0 unspecified atom stereocenters. The Balaban J connectivity index is 2.63. The SMILES string of the molecule is CC[C@@H](C)n1cc(Cl)c(CO[C@@H](C)CC)n1. The molecule has 1 aromatic rings. The standard InChI is InChI=1S/C12H21ClN2O/c1-5-9(3)15-7-11(13)12(14-15)8-16-10(4)6-2/h7,9-10H,5-6,8H2,1-4H3/t9-,10+/m1/s1. The van der Waals surface area contributed by atoms with Gasteiger partial charge in [-0.3, -0.25) is 4.68 Å². The molecule has 1 rings (SSSR count). The second-order valence-electron chi connectivity index (χ2n) is 4.19. The van der Waals surface area contributed by atoms with Crippen molar-refractivity contribution >= 4 is 11.6 Å². The van der Waals surface area contributed by atoms with Gasteiger partial charge in [0.05, 0.1) is 17.7 Å². The summed E-state index contributed by atoms with van der Waals surface area (Å²) in [5.74, 6) is 0. The van der Waals surface area contributed by atoms with E-state index in [9.17, 15) is 0 Å². The Morgan fingerprint density at radius 2 is 2.06 bits per heavy atom. The van der Waals surface area contributed by atoms with Crippen LogP contribution in [0, 0.1) is 0 Å². The van der Waals surface area contributed by atoms with Gasteiger partial charge in [-0.25, -0.2) is 0 Å². The summed E-state index contributed by atoms with van der Waals surface area (Å²) in [6.07, 6.45) is 4.18. The van der Waals surface area contributed by atoms with E-state index in [-0.39, 0.29) is 6.10 Å². The van der Waals surface area contributed by atoms with E-state index in [0.717, 1.165) is 18.5 Å². The van der Waals surface area contributed by atoms with E-state index in [2.05, 4.69) is 32.8 Å². The first-order chi connectivity index (χ1) is 7.58. The summed E-state index contributed by atoms with van der Waals surface area (Å²) < 4.78 is 7.54. The Bertz CT molecular complexity index is 325. The summed E-state index contributed by atoms with van der Waals surface area (Å²) >= 11 is 6.11. The zero-order valence-corrected chi connectivity index (χ0v) is 11.3. The Morgan fingerprint density at radius 1 is 1.38 bits per heavy atom. The molecule has 1 heterocycles. The van der Waals surface area contributed by atoms with E-state index in [1.165, 1.54) is 0 Å². The van der Waals surface area contributed by atoms with E-state index in [1.807, 2.05) is 10.9 Å². The molecular weight excluding hydrogens is 224 g/mol. The Morgan fingerprint density at radius 3 is 2.62 bits per heavy atom. The van der Waals surface area contributed by atoms with Gasteiger partial charge in [0.1, 0.15) is 5.69 Å². The van der Waals surface area contributed by atoms with Crippen molar-refractivity contribution in [1.29, 1.82) is 0 Å². The fourth-order valence-electron chi connectivity index (χ4n) is 1.26. The highest BCUT2D eigenvalue weighted by atomic mass is 35.5. The molecular formula is C12H21ClN2O. The average Bonchev–Trinajstić information content (AvgIpc) is 2.66. The molecule has 0 aliphatic carbocycles. The first-order valence-corrected chi connectivity index (χ1v) is 6.31. The lowest BCUT2D eigenvalue weighted by Gasteiger charge is -2.10. The number of ether oxygens (including phenoxy) is 1. The summed E-state index contributed by atoms with van der Waals surface area (Å²) in [5, 5.41) is 5.14. The zero-order chi connectivity index (χ0) is 12.1. The van der Waals surface area contributed by atoms with Gasteiger partial charge in [0.25, 0.3) is 0 Å². The molecule has 1 aromatic heterocycles. The van der Waals surface area contributed by atoms with Gasteiger partial charge in [0.15, 0.2) is 0 Å². The summed E-state index contributed by atoms with van der Waals surface area (Å²) in [7, 11) is 0. The summed E-state index contributed by atoms with van der Waals surface area (Å²) in [6, 6.07) is 0.384. The molecule has 0 bridgehead atoms. The van der Waals surface area contributed by atoms with Gasteiger partial charge in [-0.2, -0.15) is 5.10 Å². The Labute approximate surface area is 103 Å². The number of nitrogens with zero attached hydrogens (tertiary/aromatic N) is 2. The van der Waals surface area contributed by atoms with Crippen LogP contribution in [0.5, 0.6) is 0 Å². The van der Waals surface area contributed by atoms with Crippen molar-refractivity contribution in [2.45, 2.75) is 59.3 Å². The number of aromatic nitrogens is 2. The molecule has 2 atom stereocenters. The molecule has 0 saturated heterocycles. The fraction of sp³-hybridized carbons (Fsp3) is 0.750. The third-order valence-corrected chi connectivity index (χ3v) is 3.20. The van der Waals surface area contributed by atoms with Crippen molar-refractivity contribution in [1.82, 2.24) is 9.78 Å². The van der Waals surface area contributed by atoms with Crippen LogP contribution in [0.4, 0.5) is 0 Å². The maximum absolute atomic E-state index is 6.11. The van der Waals surface area contributed by atoms with Crippen LogP contribution < -0.4 is 0 Å². The largest absolute Gasteiger partial charge is 0.372 e. The zero-order valence-electron chi connectivity index (χ0n) is 10.5. The van der Waals surface area contributed by atoms with Gasteiger partial charge in [-0.1, -0.05) is 25.4 Å². The number of halogens is 1. The fourth-order valence-corrected chi connectivity index (χ4v) is 1.45. The lowest BCUT2D eigenvalue weighted by molar-refractivity contribution is 0.0485. The smallest absolute Gasteiger partial charge is 0.107 e. The van der Waals surface area contributed by atoms with Gasteiger partial charge in [0.2, 0.25) is 0 Å². The third kappa shape index (κ3) is 3.49. The van der Waals surface area contributed by atoms with E-state index in [4.69, 9.17) is 16.3 Å². The van der Waals surface area contributed by atoms with Crippen LogP contribution in [-0.2, 0) is 11.3 Å². The molecule has 0 radical (unpaired) electrons. The summed E-state index contributed by atoms with van der Waals surface area (Å²) in [4.78, 5) is 0. The lowest BCUT2D eigenvalue weighted by Crippen LogP contribution is -2.08. The molecule has 0 spiro atoms. The summed E-state index contributed by atoms with van der Waals surface area (Å²) in [6.45, 7) is 8.92. The van der Waals surface area contributed by atoms with Crippen LogP contribution in [0.2, 0.25) is 5.02 Å². The van der Waals surface area contributed by atoms with E-state index < -0.39 is 0 Å². The minimum absolute atomic E-state index is 0.254. The quantitative estimate of drug-likeness (QED) is 0.761. The molecule has 4 heteroatoms. The van der Waals surface area contributed by atoms with E-state index in [1.54, 1.807) is 0 Å². The number of rotatable bonds is 6. The van der Waals surface area contributed by atoms with Crippen LogP contribution in [0.25, 0.3) is 0 Å². The minimum Gasteiger partial charge on any atom is -0.372 e. The van der Waals surface area contributed by atoms with Crippen LogP contribution >= 0.6 is 11.6 Å². The van der Waals surface area contributed by atoms with Crippen LogP contribution in [0.1, 0.15) is 52.3 Å². The van der Waals surface area contributed by atoms with Crippen molar-refractivity contribution in [2.75, 3.05) is 0 Å². The van der Waals surface area contributed by atoms with Crippen molar-refractivity contribution < 1.29 is 4.74 Å². The molecule has 0 amide bonds. The summed E-state index contributed by atoms with van der Waals surface area (Å²) in [5.41, 5.74) is 0.835. The average molecular weight is 245 g/mol. The van der Waals surface area contributed by atoms with Crippen LogP contribution in [0.15, 0.2) is 6.20 Å². The van der Waals surface area contributed by atoms with Crippen molar-refractivity contribution in [2.24, 2.45) is 0 Å². The number of hydrogen-bond donors (Lipinski definition) is 0. The molecule has 92 valence electrons. The topological polar surface area (TPSA) is 27.1 Å². The predicted molar refractivity (Wildman–Crippen MR) is 66.8 cm³/mol. The molecule has 0 fully saturated rings. The highest BCUT2D eigenvalue weighted by Crippen LogP contribution is 2.19. The molecule has 0 aromatic carbocycles. The lowest BCUT2D eigenvalue weighted by atomic mass is 10.3. The molecule has 16 heavy (non-hydrogen) atoms. The molecule has 0 aliphatic rings. The highest BCUT2D eigenvalue weighted by molar-refractivity contribution is 6.31. The van der Waals surface area contributed by atoms with Gasteiger partial charge in [-0.15, -0.1) is 0 Å². The van der Waals surface area contributed by atoms with Crippen LogP contribution in [-0.4, -0.2) is 15.9 Å². The van der Waals surface area contributed by atoms with Gasteiger partial charge >= 0.3 is 0 Å². The normalized spacial score (nSPS) is 15.1. The molecule has 0 saturated carbocycles. The first-order valence-electron chi connectivity index (χ1n) is 5.93. The second-order valence-corrected chi connectivity index (χ2v) is 4.60. The number of hydrogen-bond acceptors (Lipinski definition) is 2. The highest BCUT2D eigenvalue weighted by Gasteiger charge is 2.11. The molecule has 0 N–H and O–H groups in total. The van der Waals surface area contributed by atoms with Crippen LogP contribution in [0.3, 0.4) is 0 Å². The third-order valence-electron chi connectivity index (χ3n) is 2.88. The van der Waals surface area contributed by atoms with E-state index >= 15 is 0 Å². The second kappa shape index (κ2) is 6.26. The van der Waals surface area contributed by atoms with Gasteiger partial charge < -0.3 is 4.74 Å². The van der Waals surface area contributed by atoms with Crippen molar-refractivity contribution in [3.63, 3.8) is 0 Å². The molecule has 3 nitrogen and oxygen atoms in total. The molecule has 0 aliphatic heterocycles. The van der Waals surface area contributed by atoms with E-state index in [0.29, 0.717) is 17.7 Å². The van der Waals surface area contributed by atoms with Crippen molar-refractivity contribution in [3.8, 4) is 0 Å². The maximum atomic E-state index is 6.11. The Kier molecular flexibility index (Phi) is 5.29. The monoisotopic (exact) mass is 244 g/mol. The maximum Gasteiger partial charge on any atom is 0.107 e. The van der Waals surface area contributed by atoms with Crippen molar-refractivity contribution in [3.05, 3.63) is 16.9 Å². The first kappa shape index (κ1) is 13.5. The van der Waals surface area contributed by atoms with Gasteiger partial charge in [-0.05, 0) is 26.7 Å². The predicted octanol–water partition coefficient (Wildman–Crippen LogP) is 3.82.